The number of rotatable bonds is 7. The van der Waals surface area contributed by atoms with Crippen LogP contribution < -0.4 is 0 Å². The van der Waals surface area contributed by atoms with Gasteiger partial charge in [0.25, 0.3) is 5.69 Å². The SMILES string of the molecule is Cc1ccc(S(=O)(=O)[C@@H](CC(=O)c2ccccc2)c2cccc([N+](=O)[O-])c2)cc1. The van der Waals surface area contributed by atoms with Crippen molar-refractivity contribution in [1.29, 1.82) is 0 Å². The normalized spacial score (nSPS) is 12.3. The van der Waals surface area contributed by atoms with Crippen molar-refractivity contribution in [3.8, 4) is 0 Å². The molecule has 0 unspecified atom stereocenters. The minimum atomic E-state index is -3.96. The van der Waals surface area contributed by atoms with Crippen molar-refractivity contribution in [1.82, 2.24) is 0 Å². The Bertz CT molecular complexity index is 1140. The molecule has 3 rings (SSSR count). The number of hydrogen-bond acceptors (Lipinski definition) is 5. The summed E-state index contributed by atoms with van der Waals surface area (Å²) in [5, 5.41) is 9.93. The van der Waals surface area contributed by atoms with Gasteiger partial charge in [0.2, 0.25) is 0 Å². The van der Waals surface area contributed by atoms with Gasteiger partial charge < -0.3 is 0 Å². The number of carbonyl (C=O) groups excluding carboxylic acids is 1. The zero-order valence-corrected chi connectivity index (χ0v) is 16.5. The molecule has 148 valence electrons. The number of nitro groups is 1. The van der Waals surface area contributed by atoms with Crippen LogP contribution in [-0.2, 0) is 9.84 Å². The molecule has 0 fully saturated rings. The monoisotopic (exact) mass is 409 g/mol. The Morgan fingerprint density at radius 1 is 0.966 bits per heavy atom. The molecule has 3 aromatic rings. The maximum absolute atomic E-state index is 13.4. The zero-order chi connectivity index (χ0) is 21.0. The first-order chi connectivity index (χ1) is 13.8. The van der Waals surface area contributed by atoms with Crippen LogP contribution in [0.15, 0.2) is 83.8 Å². The predicted molar refractivity (Wildman–Crippen MR) is 110 cm³/mol. The number of benzene rings is 3. The first-order valence-corrected chi connectivity index (χ1v) is 10.5. The number of Topliss-reactive ketones (excluding diaryl/α,β-unsaturated/α-hetero) is 1. The maximum atomic E-state index is 13.4. The summed E-state index contributed by atoms with van der Waals surface area (Å²) in [5.41, 5.74) is 1.28. The molecular weight excluding hydrogens is 390 g/mol. The van der Waals surface area contributed by atoms with Crippen LogP contribution in [0.3, 0.4) is 0 Å². The fourth-order valence-corrected chi connectivity index (χ4v) is 4.77. The molecule has 0 N–H and O–H groups in total. The Kier molecular flexibility index (Phi) is 5.89. The van der Waals surface area contributed by atoms with E-state index in [4.69, 9.17) is 0 Å². The first-order valence-electron chi connectivity index (χ1n) is 8.92. The van der Waals surface area contributed by atoms with Gasteiger partial charge in [-0.25, -0.2) is 8.42 Å². The summed E-state index contributed by atoms with van der Waals surface area (Å²) in [4.78, 5) is 23.4. The second kappa shape index (κ2) is 8.36. The van der Waals surface area contributed by atoms with Crippen LogP contribution in [0.2, 0.25) is 0 Å². The number of aryl methyl sites for hydroxylation is 1. The van der Waals surface area contributed by atoms with Gasteiger partial charge >= 0.3 is 0 Å². The Morgan fingerprint density at radius 2 is 1.62 bits per heavy atom. The molecule has 0 aliphatic rings. The topological polar surface area (TPSA) is 94.3 Å². The molecular formula is C22H19NO5S. The van der Waals surface area contributed by atoms with Gasteiger partial charge in [0, 0.05) is 24.1 Å². The Hall–Kier alpha value is -3.32. The van der Waals surface area contributed by atoms with E-state index in [0.717, 1.165) is 5.56 Å². The second-order valence-electron chi connectivity index (χ2n) is 6.69. The van der Waals surface area contributed by atoms with E-state index in [1.165, 1.54) is 36.4 Å². The summed E-state index contributed by atoms with van der Waals surface area (Å²) in [5.74, 6) is -0.349. The van der Waals surface area contributed by atoms with Gasteiger partial charge in [-0.3, -0.25) is 14.9 Å². The van der Waals surface area contributed by atoms with E-state index in [9.17, 15) is 23.3 Å². The number of sulfone groups is 1. The Balaban J connectivity index is 2.08. The Morgan fingerprint density at radius 3 is 2.24 bits per heavy atom. The number of non-ortho nitro benzene ring substituents is 1. The highest BCUT2D eigenvalue weighted by atomic mass is 32.2. The summed E-state index contributed by atoms with van der Waals surface area (Å²) in [6.07, 6.45) is -0.318. The fraction of sp³-hybridized carbons (Fsp3) is 0.136. The molecule has 29 heavy (non-hydrogen) atoms. The van der Waals surface area contributed by atoms with Crippen LogP contribution in [0.4, 0.5) is 5.69 Å². The van der Waals surface area contributed by atoms with Crippen molar-refractivity contribution in [2.75, 3.05) is 0 Å². The third-order valence-corrected chi connectivity index (χ3v) is 6.76. The molecule has 0 heterocycles. The highest BCUT2D eigenvalue weighted by Crippen LogP contribution is 2.34. The highest BCUT2D eigenvalue weighted by Gasteiger charge is 2.32. The van der Waals surface area contributed by atoms with Crippen LogP contribution in [-0.4, -0.2) is 19.1 Å². The minimum absolute atomic E-state index is 0.0699. The van der Waals surface area contributed by atoms with Crippen molar-refractivity contribution in [2.45, 2.75) is 23.5 Å². The van der Waals surface area contributed by atoms with E-state index in [2.05, 4.69) is 0 Å². The third kappa shape index (κ3) is 4.57. The third-order valence-electron chi connectivity index (χ3n) is 4.64. The molecule has 0 amide bonds. The highest BCUT2D eigenvalue weighted by molar-refractivity contribution is 7.91. The number of nitrogens with zero attached hydrogens (tertiary/aromatic N) is 1. The number of hydrogen-bond donors (Lipinski definition) is 0. The lowest BCUT2D eigenvalue weighted by Crippen LogP contribution is -2.18. The summed E-state index contributed by atoms with van der Waals surface area (Å²) in [7, 11) is -3.96. The second-order valence-corrected chi connectivity index (χ2v) is 8.82. The van der Waals surface area contributed by atoms with Crippen molar-refractivity contribution < 1.29 is 18.1 Å². The van der Waals surface area contributed by atoms with Gasteiger partial charge in [-0.1, -0.05) is 60.2 Å². The largest absolute Gasteiger partial charge is 0.294 e. The van der Waals surface area contributed by atoms with Gasteiger partial charge in [0.1, 0.15) is 0 Å². The lowest BCUT2D eigenvalue weighted by Gasteiger charge is -2.18. The molecule has 0 bridgehead atoms. The summed E-state index contributed by atoms with van der Waals surface area (Å²) in [6, 6.07) is 20.2. The van der Waals surface area contributed by atoms with E-state index in [1.54, 1.807) is 42.5 Å². The quantitative estimate of drug-likeness (QED) is 0.320. The molecule has 0 aromatic heterocycles. The van der Waals surface area contributed by atoms with Gasteiger partial charge in [0.15, 0.2) is 15.6 Å². The van der Waals surface area contributed by atoms with Crippen molar-refractivity contribution in [3.63, 3.8) is 0 Å². The molecule has 0 aliphatic heterocycles. The van der Waals surface area contributed by atoms with Gasteiger partial charge in [-0.2, -0.15) is 0 Å². The van der Waals surface area contributed by atoms with Gasteiger partial charge in [-0.15, -0.1) is 0 Å². The molecule has 0 spiro atoms. The average Bonchev–Trinajstić information content (AvgIpc) is 2.72. The van der Waals surface area contributed by atoms with Crippen molar-refractivity contribution in [2.24, 2.45) is 0 Å². The van der Waals surface area contributed by atoms with Crippen LogP contribution >= 0.6 is 0 Å². The van der Waals surface area contributed by atoms with Crippen LogP contribution in [0, 0.1) is 17.0 Å². The lowest BCUT2D eigenvalue weighted by atomic mass is 10.0. The van der Waals surface area contributed by atoms with Gasteiger partial charge in [0.05, 0.1) is 15.1 Å². The van der Waals surface area contributed by atoms with E-state index in [-0.39, 0.29) is 28.4 Å². The number of carbonyl (C=O) groups is 1. The van der Waals surface area contributed by atoms with Crippen molar-refractivity contribution >= 4 is 21.3 Å². The molecule has 1 atom stereocenters. The summed E-state index contributed by atoms with van der Waals surface area (Å²) >= 11 is 0. The van der Waals surface area contributed by atoms with Crippen LogP contribution in [0.25, 0.3) is 0 Å². The summed E-state index contributed by atoms with van der Waals surface area (Å²) < 4.78 is 26.7. The fourth-order valence-electron chi connectivity index (χ4n) is 3.05. The minimum Gasteiger partial charge on any atom is -0.294 e. The van der Waals surface area contributed by atoms with Crippen molar-refractivity contribution in [3.05, 3.63) is 106 Å². The van der Waals surface area contributed by atoms with E-state index in [0.29, 0.717) is 5.56 Å². The zero-order valence-electron chi connectivity index (χ0n) is 15.7. The number of nitro benzene ring substituents is 1. The molecule has 0 aliphatic carbocycles. The lowest BCUT2D eigenvalue weighted by molar-refractivity contribution is -0.384. The van der Waals surface area contributed by atoms with E-state index < -0.39 is 20.0 Å². The smallest absolute Gasteiger partial charge is 0.269 e. The van der Waals surface area contributed by atoms with Gasteiger partial charge in [-0.05, 0) is 24.6 Å². The molecule has 0 saturated heterocycles. The maximum Gasteiger partial charge on any atom is 0.269 e. The molecule has 0 radical (unpaired) electrons. The van der Waals surface area contributed by atoms with Crippen LogP contribution in [0.1, 0.15) is 33.2 Å². The van der Waals surface area contributed by atoms with E-state index >= 15 is 0 Å². The van der Waals surface area contributed by atoms with E-state index in [1.807, 2.05) is 6.92 Å². The standard InChI is InChI=1S/C22H19NO5S/c1-16-10-12-20(13-11-16)29(27,28)22(15-21(24)17-6-3-2-4-7-17)18-8-5-9-19(14-18)23(25)26/h2-14,22H,15H2,1H3/t22-/m0/s1. The predicted octanol–water partition coefficient (Wildman–Crippen LogP) is 4.69. The van der Waals surface area contributed by atoms with Crippen LogP contribution in [0.5, 0.6) is 0 Å². The molecule has 7 heteroatoms. The Labute approximate surface area is 168 Å². The average molecular weight is 409 g/mol. The first kappa shape index (κ1) is 20.4. The molecule has 0 saturated carbocycles. The summed E-state index contributed by atoms with van der Waals surface area (Å²) in [6.45, 7) is 1.84. The molecule has 6 nitrogen and oxygen atoms in total. The molecule has 3 aromatic carbocycles. The number of ketones is 1.